The third kappa shape index (κ3) is 4.21. The second-order valence-electron chi connectivity index (χ2n) is 5.36. The number of hydrogen-bond acceptors (Lipinski definition) is 2. The molecule has 2 rings (SSSR count). The van der Waals surface area contributed by atoms with E-state index in [0.29, 0.717) is 5.92 Å². The molecule has 1 aromatic carbocycles. The van der Waals surface area contributed by atoms with E-state index in [0.717, 1.165) is 29.7 Å². The van der Waals surface area contributed by atoms with Gasteiger partial charge in [-0.1, -0.05) is 26.0 Å². The summed E-state index contributed by atoms with van der Waals surface area (Å²) in [5.74, 6) is 1.30. The van der Waals surface area contributed by atoms with Crippen LogP contribution in [-0.2, 0) is 10.8 Å². The van der Waals surface area contributed by atoms with Gasteiger partial charge in [-0.2, -0.15) is 0 Å². The minimum absolute atomic E-state index is 0.537. The molecule has 1 saturated carbocycles. The quantitative estimate of drug-likeness (QED) is 0.768. The Morgan fingerprint density at radius 1 is 1.28 bits per heavy atom. The fourth-order valence-corrected chi connectivity index (χ4v) is 3.00. The average molecular weight is 265 g/mol. The van der Waals surface area contributed by atoms with E-state index in [1.807, 2.05) is 12.1 Å². The van der Waals surface area contributed by atoms with Gasteiger partial charge in [-0.25, -0.2) is 0 Å². The summed E-state index contributed by atoms with van der Waals surface area (Å²) in [6, 6.07) is 8.98. The van der Waals surface area contributed by atoms with Crippen molar-refractivity contribution in [3.8, 4) is 0 Å². The molecule has 2 nitrogen and oxygen atoms in total. The van der Waals surface area contributed by atoms with E-state index >= 15 is 0 Å². The Bertz CT molecular complexity index is 395. The van der Waals surface area contributed by atoms with Crippen LogP contribution in [0, 0.1) is 0 Å². The largest absolute Gasteiger partial charge is 0.314 e. The van der Waals surface area contributed by atoms with Crippen molar-refractivity contribution in [3.63, 3.8) is 0 Å². The van der Waals surface area contributed by atoms with Crippen LogP contribution >= 0.6 is 0 Å². The van der Waals surface area contributed by atoms with E-state index in [4.69, 9.17) is 0 Å². The molecule has 0 saturated heterocycles. The first-order valence-electron chi connectivity index (χ1n) is 6.88. The van der Waals surface area contributed by atoms with E-state index in [1.165, 1.54) is 18.4 Å². The standard InChI is InChI=1S/C15H23NOS/c1-12(2)13-4-8-15(9-5-13)18(17)11-3-10-16-14-6-7-14/h4-5,8-9,12,14,16H,3,6-7,10-11H2,1-2H3. The lowest BCUT2D eigenvalue weighted by molar-refractivity contribution is 0.657. The van der Waals surface area contributed by atoms with Gasteiger partial charge in [-0.05, 0) is 49.4 Å². The van der Waals surface area contributed by atoms with Crippen LogP contribution in [0.15, 0.2) is 29.2 Å². The zero-order valence-electron chi connectivity index (χ0n) is 11.3. The molecule has 0 aliphatic heterocycles. The Kier molecular flexibility index (Phi) is 4.95. The van der Waals surface area contributed by atoms with Crippen LogP contribution in [0.5, 0.6) is 0 Å². The van der Waals surface area contributed by atoms with Gasteiger partial charge in [-0.3, -0.25) is 4.21 Å². The summed E-state index contributed by atoms with van der Waals surface area (Å²) < 4.78 is 12.1. The maximum absolute atomic E-state index is 12.1. The molecule has 3 heteroatoms. The third-order valence-electron chi connectivity index (χ3n) is 3.33. The lowest BCUT2D eigenvalue weighted by Crippen LogP contribution is -2.19. The molecule has 1 atom stereocenters. The molecule has 1 aliphatic rings. The fraction of sp³-hybridized carbons (Fsp3) is 0.600. The molecular weight excluding hydrogens is 242 g/mol. The molecule has 0 heterocycles. The number of rotatable bonds is 7. The Balaban J connectivity index is 1.76. The molecule has 1 N–H and O–H groups in total. The zero-order chi connectivity index (χ0) is 13.0. The van der Waals surface area contributed by atoms with Gasteiger partial charge in [0.1, 0.15) is 0 Å². The molecule has 1 aliphatic carbocycles. The van der Waals surface area contributed by atoms with Crippen LogP contribution in [0.1, 0.15) is 44.6 Å². The lowest BCUT2D eigenvalue weighted by Gasteiger charge is -2.07. The van der Waals surface area contributed by atoms with Gasteiger partial charge in [0.2, 0.25) is 0 Å². The minimum Gasteiger partial charge on any atom is -0.314 e. The van der Waals surface area contributed by atoms with Crippen LogP contribution < -0.4 is 5.32 Å². The molecule has 0 bridgehead atoms. The third-order valence-corrected chi connectivity index (χ3v) is 4.78. The topological polar surface area (TPSA) is 29.1 Å². The first-order chi connectivity index (χ1) is 8.66. The van der Waals surface area contributed by atoms with Crippen LogP contribution in [-0.4, -0.2) is 22.5 Å². The first kappa shape index (κ1) is 13.8. The van der Waals surface area contributed by atoms with Crippen molar-refractivity contribution in [1.29, 1.82) is 0 Å². The molecule has 1 unspecified atom stereocenters. The minimum atomic E-state index is -0.839. The average Bonchev–Trinajstić information content (AvgIpc) is 3.18. The molecule has 1 aromatic rings. The van der Waals surface area contributed by atoms with Crippen molar-refractivity contribution >= 4 is 10.8 Å². The zero-order valence-corrected chi connectivity index (χ0v) is 12.1. The van der Waals surface area contributed by atoms with Crippen LogP contribution in [0.25, 0.3) is 0 Å². The maximum atomic E-state index is 12.1. The van der Waals surface area contributed by atoms with Crippen LogP contribution in [0.4, 0.5) is 0 Å². The predicted octanol–water partition coefficient (Wildman–Crippen LogP) is 3.06. The Labute approximate surface area is 113 Å². The lowest BCUT2D eigenvalue weighted by atomic mass is 10.0. The number of nitrogens with one attached hydrogen (secondary N) is 1. The summed E-state index contributed by atoms with van der Waals surface area (Å²) in [5.41, 5.74) is 1.31. The Hall–Kier alpha value is -0.670. The van der Waals surface area contributed by atoms with Gasteiger partial charge in [-0.15, -0.1) is 0 Å². The van der Waals surface area contributed by atoms with Crippen molar-refractivity contribution in [2.24, 2.45) is 0 Å². The SMILES string of the molecule is CC(C)c1ccc(S(=O)CCCNC2CC2)cc1. The number of hydrogen-bond donors (Lipinski definition) is 1. The van der Waals surface area contributed by atoms with Gasteiger partial charge in [0.05, 0.1) is 10.8 Å². The van der Waals surface area contributed by atoms with E-state index in [9.17, 15) is 4.21 Å². The molecule has 18 heavy (non-hydrogen) atoms. The summed E-state index contributed by atoms with van der Waals surface area (Å²) in [6.07, 6.45) is 3.63. The van der Waals surface area contributed by atoms with Crippen molar-refractivity contribution in [2.45, 2.75) is 50.0 Å². The second kappa shape index (κ2) is 6.48. The maximum Gasteiger partial charge on any atom is 0.0529 e. The van der Waals surface area contributed by atoms with Crippen LogP contribution in [0.3, 0.4) is 0 Å². The van der Waals surface area contributed by atoms with E-state index in [2.05, 4.69) is 31.3 Å². The predicted molar refractivity (Wildman–Crippen MR) is 77.4 cm³/mol. The summed E-state index contributed by atoms with van der Waals surface area (Å²) in [7, 11) is -0.839. The highest BCUT2D eigenvalue weighted by Gasteiger charge is 2.19. The highest BCUT2D eigenvalue weighted by molar-refractivity contribution is 7.85. The summed E-state index contributed by atoms with van der Waals surface area (Å²) >= 11 is 0. The summed E-state index contributed by atoms with van der Waals surface area (Å²) in [4.78, 5) is 0.964. The Morgan fingerprint density at radius 3 is 2.50 bits per heavy atom. The fourth-order valence-electron chi connectivity index (χ4n) is 1.92. The van der Waals surface area contributed by atoms with Gasteiger partial charge < -0.3 is 5.32 Å². The van der Waals surface area contributed by atoms with E-state index in [-0.39, 0.29) is 0 Å². The van der Waals surface area contributed by atoms with Crippen molar-refractivity contribution < 1.29 is 4.21 Å². The second-order valence-corrected chi connectivity index (χ2v) is 6.93. The van der Waals surface area contributed by atoms with E-state index in [1.54, 1.807) is 0 Å². The monoisotopic (exact) mass is 265 g/mol. The molecule has 100 valence electrons. The Morgan fingerprint density at radius 2 is 1.94 bits per heavy atom. The van der Waals surface area contributed by atoms with Crippen molar-refractivity contribution in [2.75, 3.05) is 12.3 Å². The van der Waals surface area contributed by atoms with Gasteiger partial charge in [0, 0.05) is 16.7 Å². The molecule has 0 radical (unpaired) electrons. The van der Waals surface area contributed by atoms with Crippen molar-refractivity contribution in [1.82, 2.24) is 5.32 Å². The van der Waals surface area contributed by atoms with Gasteiger partial charge >= 0.3 is 0 Å². The van der Waals surface area contributed by atoms with Gasteiger partial charge in [0.15, 0.2) is 0 Å². The molecule has 1 fully saturated rings. The smallest absolute Gasteiger partial charge is 0.0529 e. The van der Waals surface area contributed by atoms with Crippen molar-refractivity contribution in [3.05, 3.63) is 29.8 Å². The summed E-state index contributed by atoms with van der Waals surface area (Å²) in [6.45, 7) is 5.35. The molecule has 0 amide bonds. The molecular formula is C15H23NOS. The van der Waals surface area contributed by atoms with Crippen LogP contribution in [0.2, 0.25) is 0 Å². The highest BCUT2D eigenvalue weighted by Crippen LogP contribution is 2.19. The number of benzene rings is 1. The summed E-state index contributed by atoms with van der Waals surface area (Å²) in [5, 5.41) is 3.45. The first-order valence-corrected chi connectivity index (χ1v) is 8.20. The highest BCUT2D eigenvalue weighted by atomic mass is 32.2. The molecule has 0 spiro atoms. The van der Waals surface area contributed by atoms with Gasteiger partial charge in [0.25, 0.3) is 0 Å². The van der Waals surface area contributed by atoms with E-state index < -0.39 is 10.8 Å². The normalized spacial score (nSPS) is 17.1. The molecule has 0 aromatic heterocycles.